The number of hydrogen-bond acceptors (Lipinski definition) is 1. The topological polar surface area (TPSA) is 45.7 Å². The highest BCUT2D eigenvalue weighted by molar-refractivity contribution is 6.30. The van der Waals surface area contributed by atoms with Gasteiger partial charge in [0.25, 0.3) is 5.91 Å². The van der Waals surface area contributed by atoms with Crippen molar-refractivity contribution >= 4 is 17.5 Å². The van der Waals surface area contributed by atoms with E-state index < -0.39 is 0 Å². The van der Waals surface area contributed by atoms with E-state index >= 15 is 0 Å². The van der Waals surface area contributed by atoms with Crippen LogP contribution < -0.4 is 10.6 Å². The lowest BCUT2D eigenvalue weighted by atomic mass is 10.1. The van der Waals surface area contributed by atoms with Gasteiger partial charge in [-0.15, -0.1) is 0 Å². The summed E-state index contributed by atoms with van der Waals surface area (Å²) in [5.74, 6) is 0.0625. The SMILES string of the molecule is Cc1ccccc1CCNC(=O)C[NH2+][C@H](C)c1cccc(Cl)c1. The van der Waals surface area contributed by atoms with Gasteiger partial charge in [0.2, 0.25) is 0 Å². The van der Waals surface area contributed by atoms with E-state index in [1.54, 1.807) is 0 Å². The number of nitrogens with one attached hydrogen (secondary N) is 1. The number of rotatable bonds is 7. The molecule has 0 saturated carbocycles. The summed E-state index contributed by atoms with van der Waals surface area (Å²) in [5.41, 5.74) is 3.68. The van der Waals surface area contributed by atoms with Crippen molar-refractivity contribution < 1.29 is 10.1 Å². The highest BCUT2D eigenvalue weighted by Crippen LogP contribution is 2.14. The fraction of sp³-hybridized carbons (Fsp3) is 0.316. The lowest BCUT2D eigenvalue weighted by Gasteiger charge is -2.12. The average molecular weight is 332 g/mol. The summed E-state index contributed by atoms with van der Waals surface area (Å²) in [4.78, 5) is 12.0. The predicted molar refractivity (Wildman–Crippen MR) is 94.6 cm³/mol. The number of hydrogen-bond donors (Lipinski definition) is 2. The molecule has 4 heteroatoms. The van der Waals surface area contributed by atoms with Gasteiger partial charge in [-0.1, -0.05) is 48.0 Å². The Bertz CT molecular complexity index is 657. The van der Waals surface area contributed by atoms with Crippen molar-refractivity contribution in [1.29, 1.82) is 0 Å². The number of carbonyl (C=O) groups excluding carboxylic acids is 1. The van der Waals surface area contributed by atoms with Crippen molar-refractivity contribution in [2.45, 2.75) is 26.3 Å². The Morgan fingerprint density at radius 3 is 2.74 bits per heavy atom. The molecule has 2 aromatic rings. The predicted octanol–water partition coefficient (Wildman–Crippen LogP) is 2.63. The van der Waals surface area contributed by atoms with E-state index in [0.29, 0.717) is 13.1 Å². The molecule has 0 saturated heterocycles. The third-order valence-electron chi connectivity index (χ3n) is 4.01. The van der Waals surface area contributed by atoms with Gasteiger partial charge >= 0.3 is 0 Å². The maximum absolute atomic E-state index is 12.0. The first kappa shape index (κ1) is 17.5. The van der Waals surface area contributed by atoms with Crippen molar-refractivity contribution in [3.8, 4) is 0 Å². The standard InChI is InChI=1S/C19H23ClN2O/c1-14-6-3-4-7-16(14)10-11-21-19(23)13-22-15(2)17-8-5-9-18(20)12-17/h3-9,12,15,22H,10-11,13H2,1-2H3,(H,21,23)/p+1/t15-/m1/s1. The molecular weight excluding hydrogens is 308 g/mol. The summed E-state index contributed by atoms with van der Waals surface area (Å²) in [6, 6.07) is 16.2. The van der Waals surface area contributed by atoms with E-state index in [4.69, 9.17) is 11.6 Å². The molecule has 0 bridgehead atoms. The Morgan fingerprint density at radius 2 is 2.00 bits per heavy atom. The van der Waals surface area contributed by atoms with Crippen LogP contribution in [-0.4, -0.2) is 19.0 Å². The molecule has 2 rings (SSSR count). The van der Waals surface area contributed by atoms with Crippen LogP contribution in [0.1, 0.15) is 29.7 Å². The number of nitrogens with two attached hydrogens (primary N) is 1. The van der Waals surface area contributed by atoms with Gasteiger partial charge in [0.05, 0.1) is 0 Å². The molecule has 2 aromatic carbocycles. The zero-order valence-corrected chi connectivity index (χ0v) is 14.4. The van der Waals surface area contributed by atoms with Crippen molar-refractivity contribution in [1.82, 2.24) is 5.32 Å². The molecule has 122 valence electrons. The van der Waals surface area contributed by atoms with Gasteiger partial charge in [0.15, 0.2) is 6.54 Å². The maximum atomic E-state index is 12.0. The number of aryl methyl sites for hydroxylation is 1. The summed E-state index contributed by atoms with van der Waals surface area (Å²) in [6.45, 7) is 5.26. The molecule has 3 nitrogen and oxygen atoms in total. The fourth-order valence-electron chi connectivity index (χ4n) is 2.51. The van der Waals surface area contributed by atoms with Crippen molar-refractivity contribution in [3.63, 3.8) is 0 Å². The van der Waals surface area contributed by atoms with E-state index in [1.165, 1.54) is 11.1 Å². The summed E-state index contributed by atoms with van der Waals surface area (Å²) in [5, 5.41) is 5.73. The molecule has 1 atom stereocenters. The Labute approximate surface area is 143 Å². The number of quaternary nitrogens is 1. The molecular formula is C19H24ClN2O+. The minimum Gasteiger partial charge on any atom is -0.351 e. The van der Waals surface area contributed by atoms with E-state index in [2.05, 4.69) is 31.3 Å². The number of amides is 1. The van der Waals surface area contributed by atoms with E-state index in [9.17, 15) is 4.79 Å². The number of carbonyl (C=O) groups is 1. The van der Waals surface area contributed by atoms with Gasteiger partial charge in [-0.25, -0.2) is 0 Å². The monoisotopic (exact) mass is 331 g/mol. The average Bonchev–Trinajstić information content (AvgIpc) is 2.54. The molecule has 0 spiro atoms. The van der Waals surface area contributed by atoms with Crippen LogP contribution in [0, 0.1) is 6.92 Å². The van der Waals surface area contributed by atoms with Crippen molar-refractivity contribution in [2.24, 2.45) is 0 Å². The van der Waals surface area contributed by atoms with Gasteiger partial charge in [0, 0.05) is 17.1 Å². The molecule has 3 N–H and O–H groups in total. The minimum absolute atomic E-state index is 0.0625. The number of halogens is 1. The van der Waals surface area contributed by atoms with Gasteiger partial charge in [-0.2, -0.15) is 0 Å². The lowest BCUT2D eigenvalue weighted by Crippen LogP contribution is -2.87. The highest BCUT2D eigenvalue weighted by Gasteiger charge is 2.11. The van der Waals surface area contributed by atoms with E-state index in [-0.39, 0.29) is 11.9 Å². The summed E-state index contributed by atoms with van der Waals surface area (Å²) in [6.07, 6.45) is 0.863. The molecule has 0 aromatic heterocycles. The minimum atomic E-state index is 0.0625. The van der Waals surface area contributed by atoms with Gasteiger partial charge in [0.1, 0.15) is 6.04 Å². The van der Waals surface area contributed by atoms with Crippen LogP contribution in [0.25, 0.3) is 0 Å². The zero-order valence-electron chi connectivity index (χ0n) is 13.7. The fourth-order valence-corrected chi connectivity index (χ4v) is 2.71. The van der Waals surface area contributed by atoms with Crippen LogP contribution in [0.3, 0.4) is 0 Å². The first-order valence-corrected chi connectivity index (χ1v) is 8.34. The second kappa shape index (κ2) is 8.70. The summed E-state index contributed by atoms with van der Waals surface area (Å²) < 4.78 is 0. The second-order valence-corrected chi connectivity index (χ2v) is 6.25. The van der Waals surface area contributed by atoms with Crippen LogP contribution in [0.5, 0.6) is 0 Å². The quantitative estimate of drug-likeness (QED) is 0.805. The van der Waals surface area contributed by atoms with Crippen LogP contribution in [-0.2, 0) is 11.2 Å². The first-order chi connectivity index (χ1) is 11.1. The largest absolute Gasteiger partial charge is 0.351 e. The molecule has 23 heavy (non-hydrogen) atoms. The highest BCUT2D eigenvalue weighted by atomic mass is 35.5. The van der Waals surface area contributed by atoms with Crippen LogP contribution in [0.15, 0.2) is 48.5 Å². The molecule has 0 aliphatic heterocycles. The maximum Gasteiger partial charge on any atom is 0.275 e. The second-order valence-electron chi connectivity index (χ2n) is 5.81. The van der Waals surface area contributed by atoms with E-state index in [0.717, 1.165) is 17.0 Å². The van der Waals surface area contributed by atoms with Gasteiger partial charge < -0.3 is 10.6 Å². The molecule has 1 amide bonds. The zero-order chi connectivity index (χ0) is 16.7. The van der Waals surface area contributed by atoms with Crippen LogP contribution in [0.4, 0.5) is 0 Å². The molecule has 0 heterocycles. The summed E-state index contributed by atoms with van der Waals surface area (Å²) >= 11 is 6.00. The Morgan fingerprint density at radius 1 is 1.22 bits per heavy atom. The van der Waals surface area contributed by atoms with Crippen molar-refractivity contribution in [2.75, 3.05) is 13.1 Å². The Balaban J connectivity index is 1.72. The van der Waals surface area contributed by atoms with Crippen LogP contribution >= 0.6 is 11.6 Å². The first-order valence-electron chi connectivity index (χ1n) is 7.96. The third kappa shape index (κ3) is 5.70. The van der Waals surface area contributed by atoms with Gasteiger partial charge in [-0.3, -0.25) is 4.79 Å². The molecule has 0 aliphatic rings. The molecule has 0 unspecified atom stereocenters. The lowest BCUT2D eigenvalue weighted by molar-refractivity contribution is -0.682. The molecule has 0 aliphatic carbocycles. The van der Waals surface area contributed by atoms with E-state index in [1.807, 2.05) is 41.7 Å². The molecule has 0 radical (unpaired) electrons. The third-order valence-corrected chi connectivity index (χ3v) is 4.24. The molecule has 0 fully saturated rings. The normalized spacial score (nSPS) is 12.0. The smallest absolute Gasteiger partial charge is 0.275 e. The summed E-state index contributed by atoms with van der Waals surface area (Å²) in [7, 11) is 0. The van der Waals surface area contributed by atoms with Crippen LogP contribution in [0.2, 0.25) is 5.02 Å². The van der Waals surface area contributed by atoms with Crippen molar-refractivity contribution in [3.05, 3.63) is 70.2 Å². The Hall–Kier alpha value is -1.84. The Kier molecular flexibility index (Phi) is 6.63. The number of benzene rings is 2. The van der Waals surface area contributed by atoms with Gasteiger partial charge in [-0.05, 0) is 43.5 Å².